The molecule has 8 nitrogen and oxygen atoms in total. The third-order valence-electron chi connectivity index (χ3n) is 5.43. The van der Waals surface area contributed by atoms with Gasteiger partial charge < -0.3 is 14.4 Å². The van der Waals surface area contributed by atoms with Gasteiger partial charge in [-0.2, -0.15) is 17.5 Å². The Hall–Kier alpha value is -1.70. The number of benzene rings is 1. The number of amides is 1. The van der Waals surface area contributed by atoms with E-state index < -0.39 is 50.4 Å². The number of rotatable bonds is 6. The highest BCUT2D eigenvalue weighted by atomic mass is 35.5. The first kappa shape index (κ1) is 27.9. The molecule has 2 aliphatic heterocycles. The maximum atomic E-state index is 13.5. The zero-order chi connectivity index (χ0) is 26.1. The number of carbonyl (C=O) groups excluding carboxylic acids is 1. The van der Waals surface area contributed by atoms with Crippen molar-refractivity contribution in [3.8, 4) is 0 Å². The van der Waals surface area contributed by atoms with Gasteiger partial charge in [0.15, 0.2) is 0 Å². The van der Waals surface area contributed by atoms with Gasteiger partial charge >= 0.3 is 6.18 Å². The smallest absolute Gasteiger partial charge is 0.372 e. The molecular weight excluding hydrogens is 534 g/mol. The monoisotopic (exact) mass is 557 g/mol. The van der Waals surface area contributed by atoms with Crippen molar-refractivity contribution in [3.05, 3.63) is 40.0 Å². The van der Waals surface area contributed by atoms with Crippen LogP contribution in [-0.4, -0.2) is 74.4 Å². The standard InChI is InChI=1S/C21H24Cl2F3N3O5S/c1-12-9-28(10-13(2)34-12)20(30)19-18(6-14(22)8-27-19)29(11-33-3)35(31,32)15-4-5-17(23)16(7-15)21(24,25)26/h4-5,7-8,12-13,18H,6,9-11H2,1-3H3. The quantitative estimate of drug-likeness (QED) is 0.495. The summed E-state index contributed by atoms with van der Waals surface area (Å²) in [6.45, 7) is 3.55. The van der Waals surface area contributed by atoms with E-state index in [1.165, 1.54) is 18.2 Å². The van der Waals surface area contributed by atoms with E-state index in [0.717, 1.165) is 16.4 Å². The van der Waals surface area contributed by atoms with E-state index in [0.29, 0.717) is 6.07 Å². The van der Waals surface area contributed by atoms with Crippen LogP contribution in [0.2, 0.25) is 5.02 Å². The van der Waals surface area contributed by atoms with Crippen LogP contribution in [0.4, 0.5) is 13.2 Å². The number of nitrogens with zero attached hydrogens (tertiary/aromatic N) is 3. The van der Waals surface area contributed by atoms with Crippen LogP contribution in [-0.2, 0) is 30.5 Å². The zero-order valence-electron chi connectivity index (χ0n) is 19.1. The minimum absolute atomic E-state index is 0.121. The van der Waals surface area contributed by atoms with E-state index in [-0.39, 0.29) is 42.5 Å². The van der Waals surface area contributed by atoms with Crippen molar-refractivity contribution in [1.29, 1.82) is 0 Å². The van der Waals surface area contributed by atoms with Crippen LogP contribution in [0.3, 0.4) is 0 Å². The number of hydrogen-bond donors (Lipinski definition) is 0. The highest BCUT2D eigenvalue weighted by Gasteiger charge is 2.42. The Morgan fingerprint density at radius 3 is 2.46 bits per heavy atom. The van der Waals surface area contributed by atoms with Gasteiger partial charge in [0, 0.05) is 37.9 Å². The van der Waals surface area contributed by atoms with Crippen molar-refractivity contribution in [1.82, 2.24) is 9.21 Å². The summed E-state index contributed by atoms with van der Waals surface area (Å²) in [4.78, 5) is 18.4. The number of aliphatic imine (C=N–C) groups is 1. The van der Waals surface area contributed by atoms with E-state index in [9.17, 15) is 26.4 Å². The molecule has 1 amide bonds. The van der Waals surface area contributed by atoms with Crippen molar-refractivity contribution < 1.29 is 35.9 Å². The third kappa shape index (κ3) is 6.17. The molecule has 14 heteroatoms. The van der Waals surface area contributed by atoms with Crippen LogP contribution in [0.25, 0.3) is 0 Å². The molecule has 0 aliphatic carbocycles. The molecule has 0 N–H and O–H groups in total. The molecule has 0 saturated carbocycles. The Morgan fingerprint density at radius 2 is 1.89 bits per heavy atom. The van der Waals surface area contributed by atoms with Crippen LogP contribution in [0.15, 0.2) is 39.3 Å². The van der Waals surface area contributed by atoms with E-state index in [2.05, 4.69) is 4.99 Å². The van der Waals surface area contributed by atoms with Gasteiger partial charge in [-0.3, -0.25) is 9.79 Å². The van der Waals surface area contributed by atoms with Gasteiger partial charge in [-0.05, 0) is 32.0 Å². The number of methoxy groups -OCH3 is 1. The van der Waals surface area contributed by atoms with E-state index in [4.69, 9.17) is 32.7 Å². The van der Waals surface area contributed by atoms with Crippen LogP contribution >= 0.6 is 23.2 Å². The lowest BCUT2D eigenvalue weighted by Gasteiger charge is -2.38. The number of sulfonamides is 1. The molecule has 2 heterocycles. The Labute approximate surface area is 211 Å². The fourth-order valence-electron chi connectivity index (χ4n) is 3.97. The van der Waals surface area contributed by atoms with E-state index >= 15 is 0 Å². The second kappa shape index (κ2) is 10.7. The predicted octanol–water partition coefficient (Wildman–Crippen LogP) is 3.88. The molecule has 1 aromatic carbocycles. The second-order valence-corrected chi connectivity index (χ2v) is 11.0. The summed E-state index contributed by atoms with van der Waals surface area (Å²) in [5.74, 6) is -0.527. The maximum absolute atomic E-state index is 13.5. The summed E-state index contributed by atoms with van der Waals surface area (Å²) in [6.07, 6.45) is -4.25. The molecule has 0 bridgehead atoms. The minimum Gasteiger partial charge on any atom is -0.372 e. The van der Waals surface area contributed by atoms with Gasteiger partial charge in [0.2, 0.25) is 10.0 Å². The van der Waals surface area contributed by atoms with Crippen molar-refractivity contribution in [2.75, 3.05) is 26.9 Å². The van der Waals surface area contributed by atoms with Gasteiger partial charge in [0.05, 0.1) is 33.7 Å². The lowest BCUT2D eigenvalue weighted by atomic mass is 10.0. The lowest BCUT2D eigenvalue weighted by Crippen LogP contribution is -2.56. The van der Waals surface area contributed by atoms with Gasteiger partial charge in [0.1, 0.15) is 12.4 Å². The fourth-order valence-corrected chi connectivity index (χ4v) is 5.92. The maximum Gasteiger partial charge on any atom is 0.417 e. The average Bonchev–Trinajstić information content (AvgIpc) is 2.75. The molecule has 0 aromatic heterocycles. The van der Waals surface area contributed by atoms with Crippen LogP contribution in [0, 0.1) is 0 Å². The number of ether oxygens (including phenoxy) is 2. The summed E-state index contributed by atoms with van der Waals surface area (Å²) < 4.78 is 78.7. The number of halogens is 5. The van der Waals surface area contributed by atoms with Gasteiger partial charge in [-0.1, -0.05) is 23.2 Å². The summed E-state index contributed by atoms with van der Waals surface area (Å²) in [5, 5.41) is -0.481. The van der Waals surface area contributed by atoms with Crippen LogP contribution < -0.4 is 0 Å². The van der Waals surface area contributed by atoms with Crippen molar-refractivity contribution in [2.24, 2.45) is 4.99 Å². The van der Waals surface area contributed by atoms with Crippen LogP contribution in [0.1, 0.15) is 25.8 Å². The van der Waals surface area contributed by atoms with Gasteiger partial charge in [0.25, 0.3) is 5.91 Å². The topological polar surface area (TPSA) is 88.5 Å². The minimum atomic E-state index is -4.88. The summed E-state index contributed by atoms with van der Waals surface area (Å²) >= 11 is 11.8. The molecule has 2 aliphatic rings. The van der Waals surface area contributed by atoms with Crippen LogP contribution in [0.5, 0.6) is 0 Å². The Kier molecular flexibility index (Phi) is 8.55. The largest absolute Gasteiger partial charge is 0.417 e. The SMILES string of the molecule is COCN(C1CC(Cl)=CN=C1C(=O)N1CC(C)OC(C)C1)S(=O)(=O)c1ccc(Cl)c(C(F)(F)F)c1. The molecular formula is C21H24Cl2F3N3O5S. The first-order chi connectivity index (χ1) is 16.3. The fraction of sp³-hybridized carbons (Fsp3) is 0.524. The van der Waals surface area contributed by atoms with Gasteiger partial charge in [-0.15, -0.1) is 0 Å². The van der Waals surface area contributed by atoms with Crippen molar-refractivity contribution in [2.45, 2.75) is 49.6 Å². The normalized spacial score (nSPS) is 23.8. The first-order valence-electron chi connectivity index (χ1n) is 10.5. The molecule has 35 heavy (non-hydrogen) atoms. The van der Waals surface area contributed by atoms with Crippen molar-refractivity contribution >= 4 is 44.8 Å². The highest BCUT2D eigenvalue weighted by molar-refractivity contribution is 7.89. The summed E-state index contributed by atoms with van der Waals surface area (Å²) in [7, 11) is -3.40. The van der Waals surface area contributed by atoms with E-state index in [1.54, 1.807) is 13.8 Å². The first-order valence-corrected chi connectivity index (χ1v) is 12.7. The highest BCUT2D eigenvalue weighted by Crippen LogP contribution is 2.37. The molecule has 0 radical (unpaired) electrons. The molecule has 3 atom stereocenters. The molecule has 0 spiro atoms. The number of alkyl halides is 3. The van der Waals surface area contributed by atoms with Gasteiger partial charge in [-0.25, -0.2) is 8.42 Å². The molecule has 1 fully saturated rings. The molecule has 194 valence electrons. The predicted molar refractivity (Wildman–Crippen MR) is 124 cm³/mol. The third-order valence-corrected chi connectivity index (χ3v) is 7.84. The Balaban J connectivity index is 2.03. The zero-order valence-corrected chi connectivity index (χ0v) is 21.4. The lowest BCUT2D eigenvalue weighted by molar-refractivity contribution is -0.137. The number of hydrogen-bond acceptors (Lipinski definition) is 6. The molecule has 3 unspecified atom stereocenters. The summed E-state index contributed by atoms with van der Waals surface area (Å²) in [5.41, 5.74) is -1.43. The molecule has 1 saturated heterocycles. The second-order valence-electron chi connectivity index (χ2n) is 8.23. The van der Waals surface area contributed by atoms with E-state index in [1.807, 2.05) is 0 Å². The molecule has 1 aromatic rings. The number of morpholine rings is 1. The summed E-state index contributed by atoms with van der Waals surface area (Å²) in [6, 6.07) is 1.04. The molecule has 3 rings (SSSR count). The average molecular weight is 558 g/mol. The number of carbonyl (C=O) groups is 1. The Bertz CT molecular complexity index is 1130. The van der Waals surface area contributed by atoms with Crippen molar-refractivity contribution in [3.63, 3.8) is 0 Å². The Morgan fingerprint density at radius 1 is 1.26 bits per heavy atom.